The first-order valence-corrected chi connectivity index (χ1v) is 7.16. The summed E-state index contributed by atoms with van der Waals surface area (Å²) in [6.45, 7) is 5.58. The van der Waals surface area contributed by atoms with Gasteiger partial charge in [0.15, 0.2) is 0 Å². The van der Waals surface area contributed by atoms with Gasteiger partial charge in [-0.2, -0.15) is 0 Å². The fourth-order valence-electron chi connectivity index (χ4n) is 2.80. The number of piperazine rings is 1. The second kappa shape index (κ2) is 5.72. The normalized spacial score (nSPS) is 19.9. The third kappa shape index (κ3) is 3.14. The van der Waals surface area contributed by atoms with Crippen molar-refractivity contribution in [2.75, 3.05) is 38.0 Å². The number of carbonyl (C=O) groups excluding carboxylic acids is 1. The largest absolute Gasteiger partial charge is 0.326 e. The summed E-state index contributed by atoms with van der Waals surface area (Å²) in [6, 6.07) is 6.52. The van der Waals surface area contributed by atoms with E-state index in [4.69, 9.17) is 0 Å². The van der Waals surface area contributed by atoms with Crippen molar-refractivity contribution in [1.82, 2.24) is 10.2 Å². The number of hydrogen-bond donors (Lipinski definition) is 2. The van der Waals surface area contributed by atoms with Gasteiger partial charge in [-0.25, -0.2) is 0 Å². The molecule has 0 radical (unpaired) electrons. The first-order chi connectivity index (χ1) is 9.31. The van der Waals surface area contributed by atoms with Gasteiger partial charge in [-0.15, -0.1) is 0 Å². The average Bonchev–Trinajstić information content (AvgIpc) is 2.46. The Morgan fingerprint density at radius 1 is 1.16 bits per heavy atom. The van der Waals surface area contributed by atoms with Gasteiger partial charge in [0.2, 0.25) is 5.91 Å². The Balaban J connectivity index is 1.61. The maximum Gasteiger partial charge on any atom is 0.224 e. The van der Waals surface area contributed by atoms with Gasteiger partial charge in [-0.3, -0.25) is 4.79 Å². The number of benzene rings is 1. The first-order valence-electron chi connectivity index (χ1n) is 7.16. The summed E-state index contributed by atoms with van der Waals surface area (Å²) in [5.41, 5.74) is 3.61. The molecule has 1 aromatic carbocycles. The minimum Gasteiger partial charge on any atom is -0.326 e. The molecule has 0 aliphatic carbocycles. The predicted molar refractivity (Wildman–Crippen MR) is 76.4 cm³/mol. The van der Waals surface area contributed by atoms with Crippen LogP contribution in [0.1, 0.15) is 17.5 Å². The topological polar surface area (TPSA) is 44.4 Å². The van der Waals surface area contributed by atoms with Crippen LogP contribution in [0.3, 0.4) is 0 Å². The van der Waals surface area contributed by atoms with E-state index in [-0.39, 0.29) is 5.91 Å². The maximum atomic E-state index is 11.4. The fraction of sp³-hybridized carbons (Fsp3) is 0.533. The van der Waals surface area contributed by atoms with Crippen molar-refractivity contribution >= 4 is 11.6 Å². The summed E-state index contributed by atoms with van der Waals surface area (Å²) in [4.78, 5) is 13.9. The van der Waals surface area contributed by atoms with Gasteiger partial charge in [0.1, 0.15) is 0 Å². The zero-order chi connectivity index (χ0) is 13.1. The quantitative estimate of drug-likeness (QED) is 0.852. The smallest absolute Gasteiger partial charge is 0.224 e. The van der Waals surface area contributed by atoms with E-state index < -0.39 is 0 Å². The molecular formula is C15H21N3O. The Bertz CT molecular complexity index is 466. The number of fused-ring (bicyclic) bond motifs is 1. The van der Waals surface area contributed by atoms with Crippen molar-refractivity contribution < 1.29 is 4.79 Å². The van der Waals surface area contributed by atoms with Crippen molar-refractivity contribution in [3.05, 3.63) is 29.3 Å². The van der Waals surface area contributed by atoms with E-state index in [0.29, 0.717) is 6.42 Å². The Morgan fingerprint density at radius 2 is 2.00 bits per heavy atom. The molecule has 102 valence electrons. The summed E-state index contributed by atoms with van der Waals surface area (Å²) in [7, 11) is 0. The van der Waals surface area contributed by atoms with Gasteiger partial charge in [-0.05, 0) is 30.0 Å². The minimum absolute atomic E-state index is 0.145. The molecule has 0 aromatic heterocycles. The molecule has 2 aliphatic rings. The van der Waals surface area contributed by atoms with Gasteiger partial charge in [-0.1, -0.05) is 12.1 Å². The fourth-order valence-corrected chi connectivity index (χ4v) is 2.80. The van der Waals surface area contributed by atoms with Crippen molar-refractivity contribution in [1.29, 1.82) is 0 Å². The molecule has 19 heavy (non-hydrogen) atoms. The standard InChI is InChI=1S/C15H21N3O/c19-15-4-3-13-2-1-12(11-14(13)17-15)5-8-18-9-6-16-7-10-18/h1-2,11,16H,3-10H2,(H,17,19). The third-order valence-electron chi connectivity index (χ3n) is 4.00. The lowest BCUT2D eigenvalue weighted by Crippen LogP contribution is -2.44. The van der Waals surface area contributed by atoms with Crippen LogP contribution in [0.5, 0.6) is 0 Å². The molecule has 0 unspecified atom stereocenters. The summed E-state index contributed by atoms with van der Waals surface area (Å²) in [5, 5.41) is 6.35. The van der Waals surface area contributed by atoms with E-state index in [1.54, 1.807) is 0 Å². The van der Waals surface area contributed by atoms with Gasteiger partial charge in [0.05, 0.1) is 0 Å². The SMILES string of the molecule is O=C1CCc2ccc(CCN3CCNCC3)cc2N1. The number of amides is 1. The van der Waals surface area contributed by atoms with E-state index >= 15 is 0 Å². The summed E-state index contributed by atoms with van der Waals surface area (Å²) in [6.07, 6.45) is 2.55. The highest BCUT2D eigenvalue weighted by Gasteiger charge is 2.15. The monoisotopic (exact) mass is 259 g/mol. The molecule has 1 amide bonds. The summed E-state index contributed by atoms with van der Waals surface area (Å²) >= 11 is 0. The van der Waals surface area contributed by atoms with Gasteiger partial charge >= 0.3 is 0 Å². The summed E-state index contributed by atoms with van der Waals surface area (Å²) < 4.78 is 0. The van der Waals surface area contributed by atoms with Crippen molar-refractivity contribution in [2.45, 2.75) is 19.3 Å². The van der Waals surface area contributed by atoms with Crippen molar-refractivity contribution in [2.24, 2.45) is 0 Å². The molecule has 2 N–H and O–H groups in total. The molecule has 4 heteroatoms. The number of nitrogens with one attached hydrogen (secondary N) is 2. The predicted octanol–water partition coefficient (Wildman–Crippen LogP) is 1.02. The van der Waals surface area contributed by atoms with Crippen LogP contribution in [-0.2, 0) is 17.6 Å². The number of hydrogen-bond acceptors (Lipinski definition) is 3. The van der Waals surface area contributed by atoms with E-state index in [1.165, 1.54) is 11.1 Å². The third-order valence-corrected chi connectivity index (χ3v) is 4.00. The molecule has 0 atom stereocenters. The Labute approximate surface area is 114 Å². The first kappa shape index (κ1) is 12.6. The van der Waals surface area contributed by atoms with E-state index in [1.807, 2.05) is 0 Å². The zero-order valence-corrected chi connectivity index (χ0v) is 11.2. The number of anilines is 1. The number of aryl methyl sites for hydroxylation is 1. The van der Waals surface area contributed by atoms with Crippen LogP contribution in [0, 0.1) is 0 Å². The van der Waals surface area contributed by atoms with E-state index in [2.05, 4.69) is 33.7 Å². The van der Waals surface area contributed by atoms with E-state index in [9.17, 15) is 4.79 Å². The Kier molecular flexibility index (Phi) is 3.80. The van der Waals surface area contributed by atoms with Crippen molar-refractivity contribution in [3.8, 4) is 0 Å². The average molecular weight is 259 g/mol. The molecule has 0 saturated carbocycles. The minimum atomic E-state index is 0.145. The molecule has 0 bridgehead atoms. The second-order valence-electron chi connectivity index (χ2n) is 5.38. The van der Waals surface area contributed by atoms with Gasteiger partial charge in [0.25, 0.3) is 0 Å². The number of nitrogens with zero attached hydrogens (tertiary/aromatic N) is 1. The Morgan fingerprint density at radius 3 is 2.84 bits per heavy atom. The molecule has 1 aromatic rings. The lowest BCUT2D eigenvalue weighted by molar-refractivity contribution is -0.116. The molecule has 1 fully saturated rings. The molecular weight excluding hydrogens is 238 g/mol. The molecule has 4 nitrogen and oxygen atoms in total. The molecule has 2 heterocycles. The lowest BCUT2D eigenvalue weighted by atomic mass is 9.99. The summed E-state index contributed by atoms with van der Waals surface area (Å²) in [5.74, 6) is 0.145. The molecule has 2 aliphatic heterocycles. The molecule has 3 rings (SSSR count). The second-order valence-corrected chi connectivity index (χ2v) is 5.38. The van der Waals surface area contributed by atoms with Crippen molar-refractivity contribution in [3.63, 3.8) is 0 Å². The number of carbonyl (C=O) groups is 1. The van der Waals surface area contributed by atoms with Crippen LogP contribution >= 0.6 is 0 Å². The zero-order valence-electron chi connectivity index (χ0n) is 11.2. The Hall–Kier alpha value is -1.39. The molecule has 0 spiro atoms. The van der Waals surface area contributed by atoms with Crippen LogP contribution in [0.4, 0.5) is 5.69 Å². The highest BCUT2D eigenvalue weighted by molar-refractivity contribution is 5.93. The van der Waals surface area contributed by atoms with Crippen LogP contribution in [-0.4, -0.2) is 43.5 Å². The molecule has 1 saturated heterocycles. The maximum absolute atomic E-state index is 11.4. The van der Waals surface area contributed by atoms with Crippen LogP contribution in [0.25, 0.3) is 0 Å². The lowest BCUT2D eigenvalue weighted by Gasteiger charge is -2.27. The van der Waals surface area contributed by atoms with Crippen LogP contribution < -0.4 is 10.6 Å². The highest BCUT2D eigenvalue weighted by atomic mass is 16.1. The number of rotatable bonds is 3. The van der Waals surface area contributed by atoms with Crippen LogP contribution in [0.2, 0.25) is 0 Å². The van der Waals surface area contributed by atoms with E-state index in [0.717, 1.165) is 51.3 Å². The van der Waals surface area contributed by atoms with Crippen LogP contribution in [0.15, 0.2) is 18.2 Å². The van der Waals surface area contributed by atoms with Gasteiger partial charge in [0, 0.05) is 44.8 Å². The van der Waals surface area contributed by atoms with Gasteiger partial charge < -0.3 is 15.5 Å². The highest BCUT2D eigenvalue weighted by Crippen LogP contribution is 2.23.